The number of carbonyl (C=O) groups excluding carboxylic acids is 1. The summed E-state index contributed by atoms with van der Waals surface area (Å²) in [5, 5.41) is 4.51. The summed E-state index contributed by atoms with van der Waals surface area (Å²) < 4.78 is 1.46. The smallest absolute Gasteiger partial charge is 0.198 e. The molecule has 0 amide bonds. The predicted molar refractivity (Wildman–Crippen MR) is 67.2 cm³/mol. The maximum Gasteiger partial charge on any atom is 0.198 e. The Labute approximate surface area is 104 Å². The van der Waals surface area contributed by atoms with Crippen LogP contribution in [0.15, 0.2) is 24.4 Å². The van der Waals surface area contributed by atoms with E-state index < -0.39 is 0 Å². The standard InChI is InChI=1S/C12H12ClN3O/c1-7-3-4-8(5-10(7)13)11(17)9-6-15-16(2)12(9)14/h3-6H,14H2,1-2H3. The van der Waals surface area contributed by atoms with E-state index in [0.29, 0.717) is 22.0 Å². The Kier molecular flexibility index (Phi) is 2.90. The van der Waals surface area contributed by atoms with Gasteiger partial charge in [-0.05, 0) is 18.6 Å². The maximum atomic E-state index is 12.2. The van der Waals surface area contributed by atoms with Crippen molar-refractivity contribution in [2.24, 2.45) is 7.05 Å². The number of rotatable bonds is 2. The van der Waals surface area contributed by atoms with E-state index in [-0.39, 0.29) is 5.78 Å². The normalized spacial score (nSPS) is 10.5. The fraction of sp³-hybridized carbons (Fsp3) is 0.167. The van der Waals surface area contributed by atoms with Crippen LogP contribution in [0.5, 0.6) is 0 Å². The predicted octanol–water partition coefficient (Wildman–Crippen LogP) is 2.20. The molecule has 1 aromatic carbocycles. The quantitative estimate of drug-likeness (QED) is 0.830. The third kappa shape index (κ3) is 2.03. The monoisotopic (exact) mass is 249 g/mol. The summed E-state index contributed by atoms with van der Waals surface area (Å²) in [5.41, 5.74) is 7.60. The first-order valence-electron chi connectivity index (χ1n) is 5.09. The summed E-state index contributed by atoms with van der Waals surface area (Å²) in [7, 11) is 1.69. The third-order valence-electron chi connectivity index (χ3n) is 2.66. The van der Waals surface area contributed by atoms with Gasteiger partial charge in [-0.15, -0.1) is 0 Å². The number of aromatic nitrogens is 2. The lowest BCUT2D eigenvalue weighted by molar-refractivity contribution is 0.103. The Morgan fingerprint density at radius 3 is 2.71 bits per heavy atom. The van der Waals surface area contributed by atoms with Crippen LogP contribution in [0.1, 0.15) is 21.5 Å². The highest BCUT2D eigenvalue weighted by molar-refractivity contribution is 6.32. The zero-order valence-corrected chi connectivity index (χ0v) is 10.3. The van der Waals surface area contributed by atoms with E-state index in [1.165, 1.54) is 10.9 Å². The SMILES string of the molecule is Cc1ccc(C(=O)c2cnn(C)c2N)cc1Cl. The van der Waals surface area contributed by atoms with Crippen molar-refractivity contribution in [2.75, 3.05) is 5.73 Å². The molecule has 2 aromatic rings. The van der Waals surface area contributed by atoms with Gasteiger partial charge in [0.2, 0.25) is 0 Å². The molecule has 0 spiro atoms. The van der Waals surface area contributed by atoms with Crippen LogP contribution in [-0.4, -0.2) is 15.6 Å². The highest BCUT2D eigenvalue weighted by Gasteiger charge is 2.16. The van der Waals surface area contributed by atoms with Gasteiger partial charge in [0, 0.05) is 17.6 Å². The van der Waals surface area contributed by atoms with E-state index in [9.17, 15) is 4.79 Å². The Hall–Kier alpha value is -1.81. The van der Waals surface area contributed by atoms with Crippen molar-refractivity contribution in [1.82, 2.24) is 9.78 Å². The summed E-state index contributed by atoms with van der Waals surface area (Å²) >= 11 is 5.99. The highest BCUT2D eigenvalue weighted by Crippen LogP contribution is 2.21. The van der Waals surface area contributed by atoms with Crippen LogP contribution in [0.2, 0.25) is 5.02 Å². The van der Waals surface area contributed by atoms with Crippen molar-refractivity contribution >= 4 is 23.2 Å². The second-order valence-electron chi connectivity index (χ2n) is 3.86. The van der Waals surface area contributed by atoms with Gasteiger partial charge in [-0.25, -0.2) is 0 Å². The summed E-state index contributed by atoms with van der Waals surface area (Å²) in [6.07, 6.45) is 1.46. The van der Waals surface area contributed by atoms with Crippen molar-refractivity contribution in [1.29, 1.82) is 0 Å². The molecule has 0 fully saturated rings. The molecule has 0 aliphatic heterocycles. The van der Waals surface area contributed by atoms with Gasteiger partial charge in [0.1, 0.15) is 5.82 Å². The summed E-state index contributed by atoms with van der Waals surface area (Å²) in [5.74, 6) is 0.184. The average Bonchev–Trinajstić information content (AvgIpc) is 2.63. The molecule has 0 radical (unpaired) electrons. The van der Waals surface area contributed by atoms with E-state index >= 15 is 0 Å². The van der Waals surface area contributed by atoms with Gasteiger partial charge in [-0.2, -0.15) is 5.10 Å². The van der Waals surface area contributed by atoms with Gasteiger partial charge in [0.15, 0.2) is 5.78 Å². The van der Waals surface area contributed by atoms with Crippen LogP contribution in [0.3, 0.4) is 0 Å². The zero-order valence-electron chi connectivity index (χ0n) is 9.57. The van der Waals surface area contributed by atoms with Crippen LogP contribution >= 0.6 is 11.6 Å². The molecule has 1 aromatic heterocycles. The van der Waals surface area contributed by atoms with E-state index in [4.69, 9.17) is 17.3 Å². The number of nitrogens with two attached hydrogens (primary N) is 1. The molecule has 88 valence electrons. The minimum Gasteiger partial charge on any atom is -0.383 e. The Balaban J connectivity index is 2.44. The van der Waals surface area contributed by atoms with Crippen LogP contribution in [0, 0.1) is 6.92 Å². The first kappa shape index (κ1) is 11.7. The Morgan fingerprint density at radius 2 is 2.18 bits per heavy atom. The Morgan fingerprint density at radius 1 is 1.47 bits per heavy atom. The lowest BCUT2D eigenvalue weighted by Crippen LogP contribution is -2.06. The number of ketones is 1. The molecule has 17 heavy (non-hydrogen) atoms. The van der Waals surface area contributed by atoms with E-state index in [1.54, 1.807) is 19.2 Å². The fourth-order valence-corrected chi connectivity index (χ4v) is 1.69. The van der Waals surface area contributed by atoms with Gasteiger partial charge in [-0.3, -0.25) is 9.48 Å². The molecule has 0 saturated carbocycles. The minimum atomic E-state index is -0.169. The first-order chi connectivity index (χ1) is 8.00. The number of halogens is 1. The fourth-order valence-electron chi connectivity index (χ4n) is 1.51. The van der Waals surface area contributed by atoms with Crippen molar-refractivity contribution < 1.29 is 4.79 Å². The zero-order chi connectivity index (χ0) is 12.6. The van der Waals surface area contributed by atoms with E-state index in [2.05, 4.69) is 5.10 Å². The summed E-state index contributed by atoms with van der Waals surface area (Å²) in [6, 6.07) is 5.18. The van der Waals surface area contributed by atoms with E-state index in [0.717, 1.165) is 5.56 Å². The molecule has 0 saturated heterocycles. The first-order valence-corrected chi connectivity index (χ1v) is 5.47. The minimum absolute atomic E-state index is 0.169. The highest BCUT2D eigenvalue weighted by atomic mass is 35.5. The molecule has 5 heteroatoms. The molecular formula is C12H12ClN3O. The summed E-state index contributed by atoms with van der Waals surface area (Å²) in [4.78, 5) is 12.2. The number of aryl methyl sites for hydroxylation is 2. The topological polar surface area (TPSA) is 60.9 Å². The molecule has 0 atom stereocenters. The number of anilines is 1. The number of hydrogen-bond acceptors (Lipinski definition) is 3. The number of benzene rings is 1. The molecule has 2 N–H and O–H groups in total. The number of hydrogen-bond donors (Lipinski definition) is 1. The van der Waals surface area contributed by atoms with Gasteiger partial charge < -0.3 is 5.73 Å². The van der Waals surface area contributed by atoms with Crippen molar-refractivity contribution in [3.05, 3.63) is 46.1 Å². The largest absolute Gasteiger partial charge is 0.383 e. The van der Waals surface area contributed by atoms with Gasteiger partial charge in [-0.1, -0.05) is 23.7 Å². The van der Waals surface area contributed by atoms with Crippen molar-refractivity contribution in [3.63, 3.8) is 0 Å². The van der Waals surface area contributed by atoms with Crippen LogP contribution < -0.4 is 5.73 Å². The van der Waals surface area contributed by atoms with Gasteiger partial charge in [0.05, 0.1) is 11.8 Å². The van der Waals surface area contributed by atoms with Crippen LogP contribution in [0.25, 0.3) is 0 Å². The van der Waals surface area contributed by atoms with Crippen LogP contribution in [0.4, 0.5) is 5.82 Å². The number of nitrogens with zero attached hydrogens (tertiary/aromatic N) is 2. The molecule has 0 aliphatic carbocycles. The molecule has 0 bridgehead atoms. The lowest BCUT2D eigenvalue weighted by Gasteiger charge is -2.03. The van der Waals surface area contributed by atoms with Crippen LogP contribution in [-0.2, 0) is 7.05 Å². The van der Waals surface area contributed by atoms with Gasteiger partial charge in [0.25, 0.3) is 0 Å². The maximum absolute atomic E-state index is 12.2. The van der Waals surface area contributed by atoms with E-state index in [1.807, 2.05) is 13.0 Å². The molecular weight excluding hydrogens is 238 g/mol. The van der Waals surface area contributed by atoms with Crippen molar-refractivity contribution in [2.45, 2.75) is 6.92 Å². The molecule has 1 heterocycles. The second-order valence-corrected chi connectivity index (χ2v) is 4.27. The third-order valence-corrected chi connectivity index (χ3v) is 3.07. The average molecular weight is 250 g/mol. The number of nitrogen functional groups attached to an aromatic ring is 1. The summed E-state index contributed by atoms with van der Waals surface area (Å²) in [6.45, 7) is 1.88. The lowest BCUT2D eigenvalue weighted by atomic mass is 10.0. The number of carbonyl (C=O) groups is 1. The molecule has 4 nitrogen and oxygen atoms in total. The second kappa shape index (κ2) is 4.22. The Bertz CT molecular complexity index is 589. The molecule has 0 unspecified atom stereocenters. The van der Waals surface area contributed by atoms with Crippen molar-refractivity contribution in [3.8, 4) is 0 Å². The molecule has 2 rings (SSSR count). The van der Waals surface area contributed by atoms with Gasteiger partial charge >= 0.3 is 0 Å². The molecule has 0 aliphatic rings.